The van der Waals surface area contributed by atoms with Crippen LogP contribution in [0, 0.1) is 0 Å². The fraction of sp³-hybridized carbons (Fsp3) is 0.583. The minimum absolute atomic E-state index is 0.119. The number of amides is 1. The number of unbranched alkanes of at least 4 members (excludes halogenated alkanes) is 2. The molecular formula is C12H19N3O2. The molecule has 1 atom stereocenters. The Morgan fingerprint density at radius 1 is 1.53 bits per heavy atom. The van der Waals surface area contributed by atoms with Crippen molar-refractivity contribution in [2.75, 3.05) is 0 Å². The minimum atomic E-state index is -0.365. The molecule has 0 saturated heterocycles. The van der Waals surface area contributed by atoms with Gasteiger partial charge in [0.1, 0.15) is 0 Å². The molecule has 0 aliphatic carbocycles. The molecule has 0 radical (unpaired) electrons. The predicted molar refractivity (Wildman–Crippen MR) is 65.9 cm³/mol. The van der Waals surface area contributed by atoms with Crippen LogP contribution >= 0.6 is 0 Å². The van der Waals surface area contributed by atoms with Gasteiger partial charge in [0.15, 0.2) is 0 Å². The van der Waals surface area contributed by atoms with E-state index in [1.54, 1.807) is 0 Å². The highest BCUT2D eigenvalue weighted by Crippen LogP contribution is 2.03. The van der Waals surface area contributed by atoms with Crippen molar-refractivity contribution in [1.29, 1.82) is 0 Å². The van der Waals surface area contributed by atoms with E-state index < -0.39 is 0 Å². The molecule has 0 fully saturated rings. The summed E-state index contributed by atoms with van der Waals surface area (Å²) in [6, 6.07) is 1.37. The van der Waals surface area contributed by atoms with E-state index in [0.717, 1.165) is 12.8 Å². The lowest BCUT2D eigenvalue weighted by Crippen LogP contribution is -2.33. The number of nitrogens with one attached hydrogen (secondary N) is 2. The fourth-order valence-corrected chi connectivity index (χ4v) is 1.58. The number of carbonyl (C=O) groups excluding carboxylic acids is 1. The van der Waals surface area contributed by atoms with Gasteiger partial charge in [-0.25, -0.2) is 5.10 Å². The van der Waals surface area contributed by atoms with E-state index in [4.69, 9.17) is 0 Å². The molecule has 0 bridgehead atoms. The molecule has 1 aromatic rings. The first-order valence-corrected chi connectivity index (χ1v) is 5.99. The molecule has 1 aromatic heterocycles. The van der Waals surface area contributed by atoms with Crippen LogP contribution in [0.4, 0.5) is 0 Å². The maximum atomic E-state index is 11.7. The summed E-state index contributed by atoms with van der Waals surface area (Å²) in [5.41, 5.74) is -0.0626. The van der Waals surface area contributed by atoms with E-state index in [9.17, 15) is 9.59 Å². The van der Waals surface area contributed by atoms with Gasteiger partial charge in [-0.05, 0) is 13.3 Å². The molecule has 1 unspecified atom stereocenters. The normalized spacial score (nSPS) is 12.1. The highest BCUT2D eigenvalue weighted by Gasteiger charge is 2.10. The van der Waals surface area contributed by atoms with Gasteiger partial charge >= 0.3 is 0 Å². The summed E-state index contributed by atoms with van der Waals surface area (Å²) < 4.78 is 0. The second-order valence-electron chi connectivity index (χ2n) is 4.20. The lowest BCUT2D eigenvalue weighted by molar-refractivity contribution is 0.0937. The number of hydrogen-bond acceptors (Lipinski definition) is 3. The molecule has 1 amide bonds. The molecule has 5 heteroatoms. The van der Waals surface area contributed by atoms with Crippen molar-refractivity contribution in [2.24, 2.45) is 0 Å². The van der Waals surface area contributed by atoms with Crippen LogP contribution in [0.25, 0.3) is 0 Å². The van der Waals surface area contributed by atoms with Crippen molar-refractivity contribution in [3.8, 4) is 0 Å². The first-order chi connectivity index (χ1) is 8.13. The molecule has 1 heterocycles. The molecule has 5 nitrogen and oxygen atoms in total. The number of carbonyl (C=O) groups is 1. The largest absolute Gasteiger partial charge is 0.350 e. The van der Waals surface area contributed by atoms with E-state index in [2.05, 4.69) is 22.4 Å². The van der Waals surface area contributed by atoms with E-state index in [1.807, 2.05) is 6.92 Å². The van der Waals surface area contributed by atoms with Gasteiger partial charge in [0.25, 0.3) is 11.5 Å². The molecule has 1 rings (SSSR count). The van der Waals surface area contributed by atoms with Crippen molar-refractivity contribution < 1.29 is 4.79 Å². The van der Waals surface area contributed by atoms with E-state index in [0.29, 0.717) is 5.56 Å². The number of aromatic nitrogens is 2. The van der Waals surface area contributed by atoms with Crippen LogP contribution in [-0.4, -0.2) is 22.1 Å². The van der Waals surface area contributed by atoms with Gasteiger partial charge in [-0.3, -0.25) is 9.59 Å². The van der Waals surface area contributed by atoms with Crippen LogP contribution in [0.2, 0.25) is 0 Å². The summed E-state index contributed by atoms with van der Waals surface area (Å²) >= 11 is 0. The van der Waals surface area contributed by atoms with Crippen LogP contribution in [0.5, 0.6) is 0 Å². The average Bonchev–Trinajstić information content (AvgIpc) is 2.29. The second kappa shape index (κ2) is 6.83. The zero-order valence-corrected chi connectivity index (χ0v) is 10.3. The third kappa shape index (κ3) is 4.80. The fourth-order valence-electron chi connectivity index (χ4n) is 1.58. The Morgan fingerprint density at radius 3 is 2.94 bits per heavy atom. The summed E-state index contributed by atoms with van der Waals surface area (Å²) in [4.78, 5) is 22.7. The van der Waals surface area contributed by atoms with Gasteiger partial charge in [0.05, 0.1) is 11.8 Å². The Bertz CT molecular complexity index is 414. The zero-order valence-electron chi connectivity index (χ0n) is 10.3. The van der Waals surface area contributed by atoms with Gasteiger partial charge in [0, 0.05) is 12.1 Å². The second-order valence-corrected chi connectivity index (χ2v) is 4.20. The molecule has 0 spiro atoms. The van der Waals surface area contributed by atoms with E-state index >= 15 is 0 Å². The summed E-state index contributed by atoms with van der Waals surface area (Å²) in [5, 5.41) is 8.68. The maximum Gasteiger partial charge on any atom is 0.264 e. The van der Waals surface area contributed by atoms with Crippen molar-refractivity contribution in [1.82, 2.24) is 15.5 Å². The molecule has 0 aromatic carbocycles. The van der Waals surface area contributed by atoms with Gasteiger partial charge in [-0.1, -0.05) is 26.2 Å². The molecule has 0 aliphatic heterocycles. The first-order valence-electron chi connectivity index (χ1n) is 5.99. The van der Waals surface area contributed by atoms with Crippen LogP contribution in [0.1, 0.15) is 49.9 Å². The topological polar surface area (TPSA) is 74.8 Å². The monoisotopic (exact) mass is 237 g/mol. The number of hydrogen-bond donors (Lipinski definition) is 2. The van der Waals surface area contributed by atoms with Crippen molar-refractivity contribution in [3.63, 3.8) is 0 Å². The summed E-state index contributed by atoms with van der Waals surface area (Å²) in [6.07, 6.45) is 5.75. The predicted octanol–water partition coefficient (Wildman–Crippen LogP) is 1.47. The number of aromatic amines is 1. The van der Waals surface area contributed by atoms with E-state index in [-0.39, 0.29) is 17.5 Å². The van der Waals surface area contributed by atoms with Crippen molar-refractivity contribution in [2.45, 2.75) is 45.6 Å². The molecule has 94 valence electrons. The Labute approximate surface area is 101 Å². The number of rotatable bonds is 6. The van der Waals surface area contributed by atoms with Crippen LogP contribution < -0.4 is 10.9 Å². The number of H-pyrrole nitrogens is 1. The highest BCUT2D eigenvalue weighted by atomic mass is 16.2. The third-order valence-corrected chi connectivity index (χ3v) is 2.55. The van der Waals surface area contributed by atoms with Gasteiger partial charge < -0.3 is 5.32 Å². The van der Waals surface area contributed by atoms with Gasteiger partial charge in [-0.15, -0.1) is 0 Å². The first kappa shape index (κ1) is 13.4. The Morgan fingerprint density at radius 2 is 2.29 bits per heavy atom. The Kier molecular flexibility index (Phi) is 5.39. The standard InChI is InChI=1S/C12H19N3O2/c1-3-4-5-6-9(2)14-12(17)10-7-11(16)15-13-8-10/h7-9H,3-6H2,1-2H3,(H,14,17)(H,15,16). The van der Waals surface area contributed by atoms with Crippen molar-refractivity contribution >= 4 is 5.91 Å². The SMILES string of the molecule is CCCCCC(C)NC(=O)c1cn[nH]c(=O)c1. The molecule has 0 saturated carbocycles. The van der Waals surface area contributed by atoms with Gasteiger partial charge in [-0.2, -0.15) is 5.10 Å². The van der Waals surface area contributed by atoms with Crippen molar-refractivity contribution in [3.05, 3.63) is 28.2 Å². The minimum Gasteiger partial charge on any atom is -0.350 e. The average molecular weight is 237 g/mol. The van der Waals surface area contributed by atoms with Crippen LogP contribution in [0.15, 0.2) is 17.1 Å². The zero-order chi connectivity index (χ0) is 12.7. The van der Waals surface area contributed by atoms with E-state index in [1.165, 1.54) is 25.1 Å². The lowest BCUT2D eigenvalue weighted by Gasteiger charge is -2.13. The van der Waals surface area contributed by atoms with Crippen LogP contribution in [-0.2, 0) is 0 Å². The Balaban J connectivity index is 2.46. The van der Waals surface area contributed by atoms with Crippen LogP contribution in [0.3, 0.4) is 0 Å². The molecule has 0 aliphatic rings. The summed E-state index contributed by atoms with van der Waals surface area (Å²) in [7, 11) is 0. The molecular weight excluding hydrogens is 218 g/mol. The smallest absolute Gasteiger partial charge is 0.264 e. The Hall–Kier alpha value is -1.65. The molecule has 2 N–H and O–H groups in total. The number of nitrogens with zero attached hydrogens (tertiary/aromatic N) is 1. The molecule has 17 heavy (non-hydrogen) atoms. The maximum absolute atomic E-state index is 11.7. The quantitative estimate of drug-likeness (QED) is 0.736. The summed E-state index contributed by atoms with van der Waals surface area (Å²) in [5.74, 6) is -0.243. The lowest BCUT2D eigenvalue weighted by atomic mass is 10.1. The highest BCUT2D eigenvalue weighted by molar-refractivity contribution is 5.93. The summed E-state index contributed by atoms with van der Waals surface area (Å²) in [6.45, 7) is 4.11. The van der Waals surface area contributed by atoms with Gasteiger partial charge in [0.2, 0.25) is 0 Å². The third-order valence-electron chi connectivity index (χ3n) is 2.55.